The second kappa shape index (κ2) is 8.84. The van der Waals surface area contributed by atoms with Crippen LogP contribution in [0.4, 0.5) is 0 Å². The molecular formula is C21H27N7O3. The minimum atomic E-state index is -0.371. The summed E-state index contributed by atoms with van der Waals surface area (Å²) in [6.45, 7) is 4.74. The second-order valence-corrected chi connectivity index (χ2v) is 7.90. The molecule has 1 aliphatic heterocycles. The first kappa shape index (κ1) is 21.0. The van der Waals surface area contributed by atoms with E-state index in [9.17, 15) is 14.4 Å². The monoisotopic (exact) mass is 425 g/mol. The summed E-state index contributed by atoms with van der Waals surface area (Å²) in [6, 6.07) is 3.58. The number of unbranched alkanes of at least 4 members (excludes halogenated alkanes) is 1. The van der Waals surface area contributed by atoms with Crippen molar-refractivity contribution in [2.45, 2.75) is 19.4 Å². The normalized spacial score (nSPS) is 15.0. The Labute approximate surface area is 179 Å². The number of imidazole rings is 1. The van der Waals surface area contributed by atoms with E-state index in [0.717, 1.165) is 37.0 Å². The van der Waals surface area contributed by atoms with Gasteiger partial charge in [-0.25, -0.2) is 9.78 Å². The van der Waals surface area contributed by atoms with Gasteiger partial charge in [0.05, 0.1) is 11.9 Å². The zero-order chi connectivity index (χ0) is 22.0. The third-order valence-corrected chi connectivity index (χ3v) is 5.91. The summed E-state index contributed by atoms with van der Waals surface area (Å²) in [5.41, 5.74) is 0.829. The van der Waals surface area contributed by atoms with Crippen LogP contribution in [-0.4, -0.2) is 72.1 Å². The molecule has 0 unspecified atom stereocenters. The van der Waals surface area contributed by atoms with E-state index < -0.39 is 0 Å². The van der Waals surface area contributed by atoms with Crippen LogP contribution < -0.4 is 11.2 Å². The number of carbonyl (C=O) groups is 1. The van der Waals surface area contributed by atoms with Crippen molar-refractivity contribution >= 4 is 17.1 Å². The molecule has 4 heterocycles. The van der Waals surface area contributed by atoms with Crippen molar-refractivity contribution in [2.75, 3.05) is 32.7 Å². The van der Waals surface area contributed by atoms with Crippen LogP contribution in [0.15, 0.2) is 40.4 Å². The van der Waals surface area contributed by atoms with Crippen molar-refractivity contribution in [3.05, 3.63) is 57.3 Å². The van der Waals surface area contributed by atoms with E-state index in [0.29, 0.717) is 36.4 Å². The lowest BCUT2D eigenvalue weighted by Crippen LogP contribution is -2.48. The second-order valence-electron chi connectivity index (χ2n) is 7.90. The van der Waals surface area contributed by atoms with Gasteiger partial charge in [-0.05, 0) is 31.5 Å². The highest BCUT2D eigenvalue weighted by molar-refractivity contribution is 5.93. The fourth-order valence-corrected chi connectivity index (χ4v) is 4.03. The van der Waals surface area contributed by atoms with Gasteiger partial charge in [0, 0.05) is 59.2 Å². The number of rotatable bonds is 6. The number of hydrogen-bond acceptors (Lipinski definition) is 6. The third-order valence-electron chi connectivity index (χ3n) is 5.91. The fraction of sp³-hybridized carbons (Fsp3) is 0.476. The molecule has 3 aromatic heterocycles. The number of hydrogen-bond donors (Lipinski definition) is 0. The summed E-state index contributed by atoms with van der Waals surface area (Å²) >= 11 is 0. The Balaban J connectivity index is 1.27. The van der Waals surface area contributed by atoms with E-state index in [4.69, 9.17) is 0 Å². The summed E-state index contributed by atoms with van der Waals surface area (Å²) in [4.78, 5) is 49.6. The fourth-order valence-electron chi connectivity index (χ4n) is 4.03. The Bertz CT molecular complexity index is 1190. The van der Waals surface area contributed by atoms with Crippen LogP contribution in [0.25, 0.3) is 11.2 Å². The quantitative estimate of drug-likeness (QED) is 0.518. The van der Waals surface area contributed by atoms with Gasteiger partial charge in [-0.1, -0.05) is 0 Å². The molecule has 0 radical (unpaired) electrons. The molecule has 1 saturated heterocycles. The number of pyridine rings is 1. The van der Waals surface area contributed by atoms with Crippen molar-refractivity contribution in [1.29, 1.82) is 0 Å². The Morgan fingerprint density at radius 3 is 2.48 bits per heavy atom. The van der Waals surface area contributed by atoms with Crippen LogP contribution in [0, 0.1) is 0 Å². The van der Waals surface area contributed by atoms with Crippen molar-refractivity contribution in [1.82, 2.24) is 33.5 Å². The zero-order valence-corrected chi connectivity index (χ0v) is 17.9. The van der Waals surface area contributed by atoms with E-state index in [1.807, 2.05) is 9.47 Å². The molecule has 0 aromatic carbocycles. The molecule has 10 heteroatoms. The Kier molecular flexibility index (Phi) is 5.99. The standard InChI is InChI=1S/C21H27N7O3/c1-24-18-17(20(30)25(2)21(24)31)28(15-23-18)9-4-3-8-26-10-12-27(13-11-26)19(29)16-6-5-7-22-14-16/h5-7,14-15H,3-4,8-13H2,1-2H3. The summed E-state index contributed by atoms with van der Waals surface area (Å²) in [7, 11) is 3.11. The molecule has 0 spiro atoms. The number of fused-ring (bicyclic) bond motifs is 1. The van der Waals surface area contributed by atoms with E-state index >= 15 is 0 Å². The third kappa shape index (κ3) is 4.15. The maximum atomic E-state index is 12.5. The van der Waals surface area contributed by atoms with Crippen molar-refractivity contribution in [2.24, 2.45) is 14.1 Å². The van der Waals surface area contributed by atoms with Crippen LogP contribution in [0.5, 0.6) is 0 Å². The molecule has 1 amide bonds. The number of carbonyl (C=O) groups excluding carboxylic acids is 1. The topological polar surface area (TPSA) is 98.3 Å². The highest BCUT2D eigenvalue weighted by Gasteiger charge is 2.22. The highest BCUT2D eigenvalue weighted by Crippen LogP contribution is 2.10. The van der Waals surface area contributed by atoms with Gasteiger partial charge in [0.25, 0.3) is 11.5 Å². The number of amides is 1. The van der Waals surface area contributed by atoms with E-state index in [1.165, 1.54) is 11.6 Å². The first-order valence-electron chi connectivity index (χ1n) is 10.5. The summed E-state index contributed by atoms with van der Waals surface area (Å²) < 4.78 is 4.36. The van der Waals surface area contributed by atoms with Crippen LogP contribution in [0.2, 0.25) is 0 Å². The molecule has 0 aliphatic carbocycles. The van der Waals surface area contributed by atoms with Crippen LogP contribution in [0.3, 0.4) is 0 Å². The Morgan fingerprint density at radius 1 is 1.03 bits per heavy atom. The van der Waals surface area contributed by atoms with E-state index in [1.54, 1.807) is 37.9 Å². The molecule has 4 rings (SSSR count). The number of piperazine rings is 1. The molecular weight excluding hydrogens is 398 g/mol. The average molecular weight is 425 g/mol. The number of nitrogens with zero attached hydrogens (tertiary/aromatic N) is 7. The highest BCUT2D eigenvalue weighted by atomic mass is 16.2. The lowest BCUT2D eigenvalue weighted by molar-refractivity contribution is 0.0634. The van der Waals surface area contributed by atoms with E-state index in [-0.39, 0.29) is 17.2 Å². The molecule has 10 nitrogen and oxygen atoms in total. The maximum absolute atomic E-state index is 12.5. The van der Waals surface area contributed by atoms with Gasteiger partial charge in [0.1, 0.15) is 0 Å². The largest absolute Gasteiger partial charge is 0.336 e. The first-order valence-corrected chi connectivity index (χ1v) is 10.5. The van der Waals surface area contributed by atoms with Gasteiger partial charge in [0.2, 0.25) is 0 Å². The molecule has 1 fully saturated rings. The lowest BCUT2D eigenvalue weighted by atomic mass is 10.2. The molecule has 1 aliphatic rings. The minimum absolute atomic E-state index is 0.0377. The molecule has 3 aromatic rings. The van der Waals surface area contributed by atoms with Crippen LogP contribution in [0.1, 0.15) is 23.2 Å². The molecule has 0 saturated carbocycles. The van der Waals surface area contributed by atoms with Crippen LogP contribution >= 0.6 is 0 Å². The Morgan fingerprint density at radius 2 is 1.77 bits per heavy atom. The smallest absolute Gasteiger partial charge is 0.332 e. The van der Waals surface area contributed by atoms with Crippen LogP contribution in [-0.2, 0) is 20.6 Å². The molecule has 0 bridgehead atoms. The van der Waals surface area contributed by atoms with Gasteiger partial charge in [-0.3, -0.25) is 28.6 Å². The van der Waals surface area contributed by atoms with Crippen molar-refractivity contribution in [3.8, 4) is 0 Å². The summed E-state index contributed by atoms with van der Waals surface area (Å²) in [5.74, 6) is 0.0377. The van der Waals surface area contributed by atoms with Gasteiger partial charge in [-0.2, -0.15) is 0 Å². The number of aromatic nitrogens is 5. The predicted octanol–water partition coefficient (Wildman–Crippen LogP) is 0.0669. The summed E-state index contributed by atoms with van der Waals surface area (Å²) in [6.07, 6.45) is 6.78. The average Bonchev–Trinajstić information content (AvgIpc) is 3.23. The van der Waals surface area contributed by atoms with Gasteiger partial charge in [0.15, 0.2) is 11.2 Å². The number of aryl methyl sites for hydroxylation is 2. The van der Waals surface area contributed by atoms with E-state index in [2.05, 4.69) is 14.9 Å². The zero-order valence-electron chi connectivity index (χ0n) is 17.9. The Hall–Kier alpha value is -3.27. The van der Waals surface area contributed by atoms with Crippen molar-refractivity contribution < 1.29 is 4.79 Å². The molecule has 31 heavy (non-hydrogen) atoms. The summed E-state index contributed by atoms with van der Waals surface area (Å²) in [5, 5.41) is 0. The maximum Gasteiger partial charge on any atom is 0.332 e. The predicted molar refractivity (Wildman–Crippen MR) is 116 cm³/mol. The van der Waals surface area contributed by atoms with Gasteiger partial charge >= 0.3 is 5.69 Å². The molecule has 0 atom stereocenters. The molecule has 0 N–H and O–H groups in total. The molecule has 164 valence electrons. The SMILES string of the molecule is Cn1c(=O)c2c(ncn2CCCCN2CCN(C(=O)c3cccnc3)CC2)n(C)c1=O. The minimum Gasteiger partial charge on any atom is -0.336 e. The first-order chi connectivity index (χ1) is 15.0. The van der Waals surface area contributed by atoms with Gasteiger partial charge in [-0.15, -0.1) is 0 Å². The van der Waals surface area contributed by atoms with Crippen molar-refractivity contribution in [3.63, 3.8) is 0 Å². The lowest BCUT2D eigenvalue weighted by Gasteiger charge is -2.34. The van der Waals surface area contributed by atoms with Gasteiger partial charge < -0.3 is 9.47 Å².